The molecule has 32 heavy (non-hydrogen) atoms. The number of carbonyl (C=O) groups is 1. The highest BCUT2D eigenvalue weighted by Crippen LogP contribution is 2.26. The summed E-state index contributed by atoms with van der Waals surface area (Å²) in [6.45, 7) is 2.98. The van der Waals surface area contributed by atoms with Crippen molar-refractivity contribution in [2.24, 2.45) is 0 Å². The third-order valence-electron chi connectivity index (χ3n) is 5.41. The number of thioether (sulfide) groups is 1. The van der Waals surface area contributed by atoms with Gasteiger partial charge in [-0.1, -0.05) is 53.4 Å². The van der Waals surface area contributed by atoms with Gasteiger partial charge in [0.1, 0.15) is 0 Å². The molecule has 4 rings (SSSR count). The van der Waals surface area contributed by atoms with Crippen LogP contribution in [0.1, 0.15) is 18.4 Å². The number of anilines is 1. The molecule has 0 aliphatic carbocycles. The maximum atomic E-state index is 12.7. The smallest absolute Gasteiger partial charge is 0.233 e. The molecule has 1 N–H and O–H groups in total. The second-order valence-corrected chi connectivity index (χ2v) is 11.9. The number of hydrogen-bond donors (Lipinski definition) is 1. The monoisotopic (exact) mass is 497 g/mol. The van der Waals surface area contributed by atoms with Crippen molar-refractivity contribution in [3.8, 4) is 0 Å². The first kappa shape index (κ1) is 23.4. The Balaban J connectivity index is 1.19. The molecule has 0 radical (unpaired) electrons. The summed E-state index contributed by atoms with van der Waals surface area (Å²) in [6.07, 6.45) is 2.38. The lowest BCUT2D eigenvalue weighted by atomic mass is 10.2. The van der Waals surface area contributed by atoms with Crippen molar-refractivity contribution in [3.05, 3.63) is 35.9 Å². The second kappa shape index (κ2) is 10.9. The van der Waals surface area contributed by atoms with Crippen LogP contribution in [0, 0.1) is 0 Å². The fourth-order valence-corrected chi connectivity index (χ4v) is 6.83. The third kappa shape index (κ3) is 6.41. The van der Waals surface area contributed by atoms with Gasteiger partial charge < -0.3 is 15.0 Å². The molecule has 3 heterocycles. The van der Waals surface area contributed by atoms with E-state index in [1.54, 1.807) is 4.90 Å². The van der Waals surface area contributed by atoms with Gasteiger partial charge in [-0.25, -0.2) is 8.42 Å². The summed E-state index contributed by atoms with van der Waals surface area (Å²) in [5.41, 5.74) is 0.768. The zero-order chi connectivity index (χ0) is 22.4. The summed E-state index contributed by atoms with van der Waals surface area (Å²) in [7, 11) is -3.39. The fraction of sp³-hybridized carbons (Fsp3) is 0.550. The Morgan fingerprint density at radius 1 is 1.19 bits per heavy atom. The predicted octanol–water partition coefficient (Wildman–Crippen LogP) is 1.90. The normalized spacial score (nSPS) is 19.9. The first-order valence-corrected chi connectivity index (χ1v) is 14.0. The molecule has 0 unspecified atom stereocenters. The van der Waals surface area contributed by atoms with Crippen LogP contribution < -0.4 is 5.32 Å². The molecule has 2 saturated heterocycles. The molecule has 0 saturated carbocycles. The van der Waals surface area contributed by atoms with Gasteiger partial charge in [0.05, 0.1) is 17.6 Å². The molecule has 1 aromatic heterocycles. The van der Waals surface area contributed by atoms with E-state index in [-0.39, 0.29) is 23.5 Å². The molecular weight excluding hydrogens is 470 g/mol. The van der Waals surface area contributed by atoms with Crippen molar-refractivity contribution in [2.75, 3.05) is 50.4 Å². The van der Waals surface area contributed by atoms with Crippen LogP contribution in [0.2, 0.25) is 0 Å². The summed E-state index contributed by atoms with van der Waals surface area (Å²) in [5, 5.41) is 12.2. The number of carbonyl (C=O) groups excluding carboxylic acids is 1. The number of benzene rings is 1. The van der Waals surface area contributed by atoms with Crippen LogP contribution in [0.25, 0.3) is 0 Å². The fourth-order valence-electron chi connectivity index (χ4n) is 3.65. The molecule has 2 aromatic rings. The third-order valence-corrected chi connectivity index (χ3v) is 9.26. The summed E-state index contributed by atoms with van der Waals surface area (Å²) < 4.78 is 33.1. The Morgan fingerprint density at radius 2 is 1.97 bits per heavy atom. The van der Waals surface area contributed by atoms with Crippen LogP contribution in [0.15, 0.2) is 34.7 Å². The Hall–Kier alpha value is -1.73. The number of sulfonamides is 1. The molecule has 1 aromatic carbocycles. The van der Waals surface area contributed by atoms with E-state index in [1.165, 1.54) is 27.4 Å². The number of rotatable bonds is 9. The highest BCUT2D eigenvalue weighted by atomic mass is 32.2. The maximum Gasteiger partial charge on any atom is 0.233 e. The van der Waals surface area contributed by atoms with E-state index in [2.05, 4.69) is 15.5 Å². The van der Waals surface area contributed by atoms with Gasteiger partial charge in [-0.15, -0.1) is 10.2 Å². The minimum Gasteiger partial charge on any atom is -0.376 e. The Bertz CT molecular complexity index is 988. The van der Waals surface area contributed by atoms with Crippen LogP contribution in [0.5, 0.6) is 0 Å². The van der Waals surface area contributed by atoms with Crippen molar-refractivity contribution < 1.29 is 17.9 Å². The maximum absolute atomic E-state index is 12.7. The SMILES string of the molecule is O=C(CSc1nnc(NC[C@@H]2CCCO2)s1)N1CCN(S(=O)(=O)Cc2ccccc2)CC1. The van der Waals surface area contributed by atoms with Crippen LogP contribution in [0.3, 0.4) is 0 Å². The molecule has 174 valence electrons. The Labute approximate surface area is 196 Å². The first-order valence-electron chi connectivity index (χ1n) is 10.6. The number of piperazine rings is 1. The van der Waals surface area contributed by atoms with Crippen molar-refractivity contribution >= 4 is 44.2 Å². The van der Waals surface area contributed by atoms with E-state index in [1.807, 2.05) is 30.3 Å². The topological polar surface area (TPSA) is 105 Å². The van der Waals surface area contributed by atoms with Crippen molar-refractivity contribution in [2.45, 2.75) is 29.0 Å². The average molecular weight is 498 g/mol. The van der Waals surface area contributed by atoms with Gasteiger partial charge in [-0.2, -0.15) is 4.31 Å². The number of amides is 1. The van der Waals surface area contributed by atoms with Crippen LogP contribution in [0.4, 0.5) is 5.13 Å². The molecule has 1 amide bonds. The largest absolute Gasteiger partial charge is 0.376 e. The minimum absolute atomic E-state index is 0.0147. The highest BCUT2D eigenvalue weighted by Gasteiger charge is 2.29. The molecular formula is C20H27N5O4S3. The average Bonchev–Trinajstić information content (AvgIpc) is 3.48. The second-order valence-electron chi connectivity index (χ2n) is 7.70. The van der Waals surface area contributed by atoms with E-state index in [4.69, 9.17) is 4.74 Å². The zero-order valence-electron chi connectivity index (χ0n) is 17.7. The standard InChI is InChI=1S/C20H27N5O4S3/c26-18(14-30-20-23-22-19(31-20)21-13-17-7-4-12-29-17)24-8-10-25(11-9-24)32(27,28)15-16-5-2-1-3-6-16/h1-3,5-6,17H,4,7-15H2,(H,21,22)/t17-/m0/s1. The van der Waals surface area contributed by atoms with Gasteiger partial charge in [0.15, 0.2) is 4.34 Å². The molecule has 9 nitrogen and oxygen atoms in total. The highest BCUT2D eigenvalue weighted by molar-refractivity contribution is 8.01. The summed E-state index contributed by atoms with van der Waals surface area (Å²) >= 11 is 2.79. The quantitative estimate of drug-likeness (QED) is 0.524. The van der Waals surface area contributed by atoms with Gasteiger partial charge >= 0.3 is 0 Å². The van der Waals surface area contributed by atoms with Gasteiger partial charge in [-0.05, 0) is 18.4 Å². The molecule has 0 bridgehead atoms. The van der Waals surface area contributed by atoms with E-state index in [0.29, 0.717) is 26.2 Å². The van der Waals surface area contributed by atoms with Crippen LogP contribution in [-0.4, -0.2) is 84.9 Å². The number of nitrogens with one attached hydrogen (secondary N) is 1. The molecule has 12 heteroatoms. The van der Waals surface area contributed by atoms with E-state index >= 15 is 0 Å². The van der Waals surface area contributed by atoms with Crippen LogP contribution >= 0.6 is 23.1 Å². The lowest BCUT2D eigenvalue weighted by Crippen LogP contribution is -2.51. The molecule has 2 aliphatic heterocycles. The molecule has 0 spiro atoms. The molecule has 1 atom stereocenters. The number of ether oxygens (including phenoxy) is 1. The van der Waals surface area contributed by atoms with Crippen molar-refractivity contribution in [3.63, 3.8) is 0 Å². The lowest BCUT2D eigenvalue weighted by molar-refractivity contribution is -0.129. The number of nitrogens with zero attached hydrogens (tertiary/aromatic N) is 4. The number of aromatic nitrogens is 2. The molecule has 2 aliphatic rings. The van der Waals surface area contributed by atoms with Gasteiger partial charge in [0.25, 0.3) is 0 Å². The molecule has 2 fully saturated rings. The first-order chi connectivity index (χ1) is 15.5. The van der Waals surface area contributed by atoms with Crippen LogP contribution in [-0.2, 0) is 25.3 Å². The van der Waals surface area contributed by atoms with Gasteiger partial charge in [0, 0.05) is 39.3 Å². The summed E-state index contributed by atoms with van der Waals surface area (Å²) in [5.74, 6) is 0.230. The summed E-state index contributed by atoms with van der Waals surface area (Å²) in [4.78, 5) is 14.3. The van der Waals surface area contributed by atoms with Crippen molar-refractivity contribution in [1.82, 2.24) is 19.4 Å². The van der Waals surface area contributed by atoms with Gasteiger partial charge in [0.2, 0.25) is 21.1 Å². The Kier molecular flexibility index (Phi) is 8.00. The van der Waals surface area contributed by atoms with E-state index in [0.717, 1.165) is 41.0 Å². The predicted molar refractivity (Wildman–Crippen MR) is 125 cm³/mol. The van der Waals surface area contributed by atoms with E-state index < -0.39 is 10.0 Å². The lowest BCUT2D eigenvalue weighted by Gasteiger charge is -2.34. The summed E-state index contributed by atoms with van der Waals surface area (Å²) in [6, 6.07) is 9.15. The zero-order valence-corrected chi connectivity index (χ0v) is 20.1. The van der Waals surface area contributed by atoms with Crippen molar-refractivity contribution in [1.29, 1.82) is 0 Å². The number of hydrogen-bond acceptors (Lipinski definition) is 9. The minimum atomic E-state index is -3.39. The van der Waals surface area contributed by atoms with Gasteiger partial charge in [-0.3, -0.25) is 4.79 Å². The van der Waals surface area contributed by atoms with E-state index in [9.17, 15) is 13.2 Å². The Morgan fingerprint density at radius 3 is 2.69 bits per heavy atom.